The van der Waals surface area contributed by atoms with Crippen LogP contribution in [0.4, 0.5) is 0 Å². The number of ether oxygens (including phenoxy) is 3. The highest BCUT2D eigenvalue weighted by Gasteiger charge is 2.35. The minimum Gasteiger partial charge on any atom is -0.497 e. The Labute approximate surface area is 239 Å². The number of methoxy groups -OCH3 is 1. The van der Waals surface area contributed by atoms with Gasteiger partial charge in [-0.25, -0.2) is 14.8 Å². The lowest BCUT2D eigenvalue weighted by Gasteiger charge is -2.26. The van der Waals surface area contributed by atoms with Crippen LogP contribution in [0.25, 0.3) is 17.0 Å². The van der Waals surface area contributed by atoms with Crippen molar-refractivity contribution in [2.45, 2.75) is 39.8 Å². The summed E-state index contributed by atoms with van der Waals surface area (Å²) in [5, 5.41) is 1.10. The summed E-state index contributed by atoms with van der Waals surface area (Å²) >= 11 is 7.77. The van der Waals surface area contributed by atoms with Crippen molar-refractivity contribution in [3.8, 4) is 11.5 Å². The Morgan fingerprint density at radius 1 is 1.20 bits per heavy atom. The summed E-state index contributed by atoms with van der Waals surface area (Å²) in [6.45, 7) is 7.53. The monoisotopic (exact) mass is 577 g/mol. The number of hydrogen-bond acceptors (Lipinski definition) is 8. The van der Waals surface area contributed by atoms with Gasteiger partial charge in [0.25, 0.3) is 5.56 Å². The van der Waals surface area contributed by atoms with Crippen LogP contribution in [-0.4, -0.2) is 35.3 Å². The minimum atomic E-state index is -0.787. The number of esters is 1. The van der Waals surface area contributed by atoms with Crippen LogP contribution in [0.1, 0.15) is 44.9 Å². The number of benzene rings is 2. The Hall–Kier alpha value is -3.95. The maximum Gasteiger partial charge on any atom is 0.338 e. The van der Waals surface area contributed by atoms with E-state index in [1.54, 1.807) is 33.1 Å². The van der Waals surface area contributed by atoms with E-state index in [1.165, 1.54) is 15.9 Å². The molecular weight excluding hydrogens is 550 g/mol. The Bertz CT molecular complexity index is 1840. The molecule has 0 radical (unpaired) electrons. The Kier molecular flexibility index (Phi) is 7.78. The summed E-state index contributed by atoms with van der Waals surface area (Å²) in [6, 6.07) is 14.0. The first-order valence-electron chi connectivity index (χ1n) is 12.8. The van der Waals surface area contributed by atoms with Crippen molar-refractivity contribution in [3.05, 3.63) is 95.8 Å². The zero-order valence-corrected chi connectivity index (χ0v) is 24.3. The van der Waals surface area contributed by atoms with E-state index < -0.39 is 12.0 Å². The van der Waals surface area contributed by atoms with Gasteiger partial charge in [0.1, 0.15) is 22.7 Å². The van der Waals surface area contributed by atoms with Crippen molar-refractivity contribution in [1.82, 2.24) is 9.55 Å². The fourth-order valence-electron chi connectivity index (χ4n) is 4.66. The van der Waals surface area contributed by atoms with E-state index in [1.807, 2.05) is 56.3 Å². The molecule has 3 heterocycles. The summed E-state index contributed by atoms with van der Waals surface area (Å²) in [6.07, 6.45) is 1.59. The summed E-state index contributed by atoms with van der Waals surface area (Å²) < 4.78 is 18.7. The predicted molar refractivity (Wildman–Crippen MR) is 156 cm³/mol. The van der Waals surface area contributed by atoms with Gasteiger partial charge in [-0.3, -0.25) is 9.36 Å². The number of hydrogen-bond donors (Lipinski definition) is 0. The fraction of sp³-hybridized carbons (Fsp3) is 0.267. The number of allylic oxidation sites excluding steroid dienone is 1. The van der Waals surface area contributed by atoms with Crippen LogP contribution in [0.2, 0.25) is 5.15 Å². The molecule has 0 unspecified atom stereocenters. The van der Waals surface area contributed by atoms with Crippen molar-refractivity contribution >= 4 is 45.9 Å². The lowest BCUT2D eigenvalue weighted by Crippen LogP contribution is -2.40. The molecule has 1 atom stereocenters. The van der Waals surface area contributed by atoms with Gasteiger partial charge in [0, 0.05) is 22.6 Å². The highest BCUT2D eigenvalue weighted by molar-refractivity contribution is 7.07. The van der Waals surface area contributed by atoms with E-state index in [0.29, 0.717) is 48.7 Å². The average molecular weight is 578 g/mol. The SMILES string of the molecule is CCOC(=O)C1=C(C)N=c2s/c(=C/c3cc4ccc(OC)cc4nc3Cl)c(=O)n2[C@H]1c1ccccc1OC(C)C. The lowest BCUT2D eigenvalue weighted by atomic mass is 9.95. The smallest absolute Gasteiger partial charge is 0.338 e. The first-order chi connectivity index (χ1) is 19.2. The Morgan fingerprint density at radius 2 is 1.98 bits per heavy atom. The summed E-state index contributed by atoms with van der Waals surface area (Å²) in [5.41, 5.74) is 2.40. The van der Waals surface area contributed by atoms with Crippen molar-refractivity contribution < 1.29 is 19.0 Å². The number of para-hydroxylation sites is 1. The molecule has 0 bridgehead atoms. The van der Waals surface area contributed by atoms with Gasteiger partial charge in [-0.05, 0) is 58.0 Å². The highest BCUT2D eigenvalue weighted by atomic mass is 35.5. The largest absolute Gasteiger partial charge is 0.497 e. The molecule has 1 aliphatic heterocycles. The normalized spacial score (nSPS) is 15.3. The van der Waals surface area contributed by atoms with Gasteiger partial charge >= 0.3 is 5.97 Å². The maximum atomic E-state index is 14.0. The number of carbonyl (C=O) groups is 1. The molecule has 0 N–H and O–H groups in total. The van der Waals surface area contributed by atoms with Crippen molar-refractivity contribution in [1.29, 1.82) is 0 Å². The topological polar surface area (TPSA) is 92.0 Å². The van der Waals surface area contributed by atoms with Crippen molar-refractivity contribution in [2.24, 2.45) is 4.99 Å². The second-order valence-electron chi connectivity index (χ2n) is 9.43. The van der Waals surface area contributed by atoms with Gasteiger partial charge in [-0.15, -0.1) is 0 Å². The molecule has 0 saturated carbocycles. The molecule has 206 valence electrons. The first-order valence-corrected chi connectivity index (χ1v) is 14.0. The molecule has 1 aliphatic rings. The summed E-state index contributed by atoms with van der Waals surface area (Å²) in [4.78, 5) is 36.8. The molecule has 0 saturated heterocycles. The molecule has 0 spiro atoms. The molecule has 2 aromatic heterocycles. The van der Waals surface area contributed by atoms with Crippen LogP contribution in [0, 0.1) is 0 Å². The van der Waals surface area contributed by atoms with Gasteiger partial charge in [0.15, 0.2) is 4.80 Å². The second kappa shape index (κ2) is 11.3. The van der Waals surface area contributed by atoms with Gasteiger partial charge in [-0.1, -0.05) is 41.1 Å². The molecule has 10 heteroatoms. The number of pyridine rings is 1. The third kappa shape index (κ3) is 5.14. The molecule has 4 aromatic rings. The Morgan fingerprint density at radius 3 is 2.70 bits per heavy atom. The van der Waals surface area contributed by atoms with Crippen LogP contribution in [-0.2, 0) is 9.53 Å². The molecule has 0 amide bonds. The standard InChI is InChI=1S/C30H28ClN3O5S/c1-6-38-29(36)25-17(4)32-30-34(26(25)21-9-7-8-10-23(21)39-16(2)3)28(35)24(40-30)14-19-13-18-11-12-20(37-5)15-22(18)33-27(19)31/h7-16,26H,6H2,1-5H3/b24-14+/t26-/m0/s1. The number of fused-ring (bicyclic) bond motifs is 2. The van der Waals surface area contributed by atoms with E-state index in [-0.39, 0.29) is 23.4 Å². The molecular formula is C30H28ClN3O5S. The second-order valence-corrected chi connectivity index (χ2v) is 10.8. The number of aromatic nitrogens is 2. The van der Waals surface area contributed by atoms with E-state index in [4.69, 9.17) is 25.8 Å². The van der Waals surface area contributed by atoms with Crippen LogP contribution in [0.15, 0.2) is 69.6 Å². The van der Waals surface area contributed by atoms with E-state index >= 15 is 0 Å². The van der Waals surface area contributed by atoms with Crippen LogP contribution < -0.4 is 24.4 Å². The van der Waals surface area contributed by atoms with Crippen LogP contribution in [0.5, 0.6) is 11.5 Å². The van der Waals surface area contributed by atoms with Crippen molar-refractivity contribution in [2.75, 3.05) is 13.7 Å². The number of nitrogens with zero attached hydrogens (tertiary/aromatic N) is 3. The minimum absolute atomic E-state index is 0.115. The van der Waals surface area contributed by atoms with E-state index in [0.717, 1.165) is 5.39 Å². The molecule has 2 aromatic carbocycles. The fourth-order valence-corrected chi connectivity index (χ4v) is 5.90. The van der Waals surface area contributed by atoms with Crippen LogP contribution >= 0.6 is 22.9 Å². The zero-order chi connectivity index (χ0) is 28.6. The van der Waals surface area contributed by atoms with Crippen LogP contribution in [0.3, 0.4) is 0 Å². The van der Waals surface area contributed by atoms with Crippen molar-refractivity contribution in [3.63, 3.8) is 0 Å². The summed E-state index contributed by atoms with van der Waals surface area (Å²) in [7, 11) is 1.59. The van der Waals surface area contributed by atoms with Gasteiger partial charge in [0.05, 0.1) is 41.1 Å². The average Bonchev–Trinajstić information content (AvgIpc) is 3.22. The van der Waals surface area contributed by atoms with Gasteiger partial charge < -0.3 is 14.2 Å². The summed E-state index contributed by atoms with van der Waals surface area (Å²) in [5.74, 6) is 0.719. The van der Waals surface area contributed by atoms with E-state index in [9.17, 15) is 9.59 Å². The first kappa shape index (κ1) is 27.6. The highest BCUT2D eigenvalue weighted by Crippen LogP contribution is 2.36. The maximum absolute atomic E-state index is 14.0. The number of halogens is 1. The van der Waals surface area contributed by atoms with Gasteiger partial charge in [0.2, 0.25) is 0 Å². The molecule has 40 heavy (non-hydrogen) atoms. The molecule has 5 rings (SSSR count). The Balaban J connectivity index is 1.73. The number of rotatable bonds is 7. The molecule has 0 fully saturated rings. The predicted octanol–water partition coefficient (Wildman–Crippen LogP) is 4.80. The molecule has 0 aliphatic carbocycles. The number of thiazole rings is 1. The van der Waals surface area contributed by atoms with E-state index in [2.05, 4.69) is 9.98 Å². The quantitative estimate of drug-likeness (QED) is 0.231. The molecule has 8 nitrogen and oxygen atoms in total. The zero-order valence-electron chi connectivity index (χ0n) is 22.7. The third-order valence-electron chi connectivity index (χ3n) is 6.39. The van der Waals surface area contributed by atoms with Gasteiger partial charge in [-0.2, -0.15) is 0 Å². The lowest BCUT2D eigenvalue weighted by molar-refractivity contribution is -0.139. The third-order valence-corrected chi connectivity index (χ3v) is 7.67. The number of carbonyl (C=O) groups excluding carboxylic acids is 1.